The third kappa shape index (κ3) is 2.04. The number of nitrogens with zero attached hydrogens (tertiary/aromatic N) is 1. The number of aromatic amines is 1. The summed E-state index contributed by atoms with van der Waals surface area (Å²) >= 11 is 0. The first-order valence-corrected chi connectivity index (χ1v) is 5.33. The molecule has 15 heavy (non-hydrogen) atoms. The van der Waals surface area contributed by atoms with E-state index in [1.807, 2.05) is 18.0 Å². The molecule has 1 aromatic heterocycles. The highest BCUT2D eigenvalue weighted by Gasteiger charge is 2.28. The first-order chi connectivity index (χ1) is 7.26. The maximum atomic E-state index is 10.9. The molecule has 0 saturated heterocycles. The van der Waals surface area contributed by atoms with Crippen LogP contribution in [0.2, 0.25) is 0 Å². The lowest BCUT2D eigenvalue weighted by Gasteiger charge is -2.16. The molecule has 1 aliphatic carbocycles. The molecule has 1 fully saturated rings. The van der Waals surface area contributed by atoms with E-state index in [-0.39, 0.29) is 0 Å². The third-order valence-electron chi connectivity index (χ3n) is 3.01. The lowest BCUT2D eigenvalue weighted by atomic mass is 10.1. The number of hydrogen-bond donors (Lipinski definition) is 2. The number of hydrogen-bond acceptors (Lipinski definition) is 2. The summed E-state index contributed by atoms with van der Waals surface area (Å²) in [6.45, 7) is 3.22. The molecule has 1 saturated carbocycles. The molecular weight excluding hydrogens is 190 g/mol. The minimum absolute atomic E-state index is 0.461. The lowest BCUT2D eigenvalue weighted by molar-refractivity contribution is -0.119. The van der Waals surface area contributed by atoms with Crippen molar-refractivity contribution in [3.8, 4) is 0 Å². The Hall–Kier alpha value is -1.29. The SMILES string of the molecule is Cc1[nH]cc(CN(C=O)C2CC2)c1CN. The molecule has 0 radical (unpaired) electrons. The molecule has 0 aromatic carbocycles. The summed E-state index contributed by atoms with van der Waals surface area (Å²) in [4.78, 5) is 15.9. The zero-order chi connectivity index (χ0) is 10.8. The van der Waals surface area contributed by atoms with Crippen LogP contribution in [0.3, 0.4) is 0 Å². The number of nitrogens with one attached hydrogen (secondary N) is 1. The Morgan fingerprint density at radius 3 is 2.93 bits per heavy atom. The van der Waals surface area contributed by atoms with E-state index in [1.54, 1.807) is 0 Å². The summed E-state index contributed by atoms with van der Waals surface area (Å²) in [5, 5.41) is 0. The zero-order valence-corrected chi connectivity index (χ0v) is 8.99. The summed E-state index contributed by atoms with van der Waals surface area (Å²) < 4.78 is 0. The van der Waals surface area contributed by atoms with E-state index in [0.717, 1.165) is 36.1 Å². The number of carbonyl (C=O) groups is 1. The highest BCUT2D eigenvalue weighted by Crippen LogP contribution is 2.27. The van der Waals surface area contributed by atoms with E-state index in [9.17, 15) is 4.79 Å². The van der Waals surface area contributed by atoms with Crippen molar-refractivity contribution in [1.82, 2.24) is 9.88 Å². The van der Waals surface area contributed by atoms with Gasteiger partial charge in [-0.25, -0.2) is 0 Å². The summed E-state index contributed by atoms with van der Waals surface area (Å²) in [5.74, 6) is 0. The molecule has 82 valence electrons. The molecule has 0 atom stereocenters. The van der Waals surface area contributed by atoms with Crippen molar-refractivity contribution in [1.29, 1.82) is 0 Å². The van der Waals surface area contributed by atoms with Crippen molar-refractivity contribution >= 4 is 6.41 Å². The number of H-pyrrole nitrogens is 1. The minimum atomic E-state index is 0.461. The van der Waals surface area contributed by atoms with Crippen LogP contribution in [-0.4, -0.2) is 22.3 Å². The van der Waals surface area contributed by atoms with Crippen LogP contribution in [0.4, 0.5) is 0 Å². The van der Waals surface area contributed by atoms with E-state index < -0.39 is 0 Å². The fraction of sp³-hybridized carbons (Fsp3) is 0.545. The summed E-state index contributed by atoms with van der Waals surface area (Å²) in [5.41, 5.74) is 9.07. The molecule has 1 aliphatic rings. The normalized spacial score (nSPS) is 15.3. The molecule has 1 heterocycles. The van der Waals surface area contributed by atoms with Crippen LogP contribution in [-0.2, 0) is 17.9 Å². The van der Waals surface area contributed by atoms with Crippen LogP contribution in [0.1, 0.15) is 29.7 Å². The molecular formula is C11H17N3O. The smallest absolute Gasteiger partial charge is 0.210 e. The summed E-state index contributed by atoms with van der Waals surface area (Å²) in [6.07, 6.45) is 5.18. The van der Waals surface area contributed by atoms with E-state index >= 15 is 0 Å². The first kappa shape index (κ1) is 10.2. The molecule has 0 bridgehead atoms. The van der Waals surface area contributed by atoms with Crippen molar-refractivity contribution < 1.29 is 4.79 Å². The molecule has 3 N–H and O–H groups in total. The second-order valence-corrected chi connectivity index (χ2v) is 4.13. The molecule has 0 aliphatic heterocycles. The van der Waals surface area contributed by atoms with Crippen molar-refractivity contribution in [3.05, 3.63) is 23.0 Å². The molecule has 0 unspecified atom stereocenters. The number of aromatic nitrogens is 1. The van der Waals surface area contributed by atoms with Crippen molar-refractivity contribution in [2.24, 2.45) is 5.73 Å². The lowest BCUT2D eigenvalue weighted by Crippen LogP contribution is -2.24. The molecule has 1 amide bonds. The molecule has 4 nitrogen and oxygen atoms in total. The molecule has 1 aromatic rings. The Labute approximate surface area is 89.5 Å². The summed E-state index contributed by atoms with van der Waals surface area (Å²) in [6, 6.07) is 0.461. The Bertz CT molecular complexity index is 355. The fourth-order valence-electron chi connectivity index (χ4n) is 1.89. The van der Waals surface area contributed by atoms with Gasteiger partial charge >= 0.3 is 0 Å². The Balaban J connectivity index is 2.11. The van der Waals surface area contributed by atoms with Gasteiger partial charge in [-0.2, -0.15) is 0 Å². The number of aryl methyl sites for hydroxylation is 1. The van der Waals surface area contributed by atoms with Gasteiger partial charge in [0, 0.05) is 31.0 Å². The van der Waals surface area contributed by atoms with Crippen molar-refractivity contribution in [3.63, 3.8) is 0 Å². The van der Waals surface area contributed by atoms with Crippen LogP contribution >= 0.6 is 0 Å². The highest BCUT2D eigenvalue weighted by atomic mass is 16.1. The van der Waals surface area contributed by atoms with Crippen LogP contribution < -0.4 is 5.73 Å². The monoisotopic (exact) mass is 207 g/mol. The third-order valence-corrected chi connectivity index (χ3v) is 3.01. The van der Waals surface area contributed by atoms with Crippen molar-refractivity contribution in [2.45, 2.75) is 38.9 Å². The predicted octanol–water partition coefficient (Wildman–Crippen LogP) is 0.903. The van der Waals surface area contributed by atoms with E-state index in [2.05, 4.69) is 4.98 Å². The molecule has 2 rings (SSSR count). The van der Waals surface area contributed by atoms with E-state index in [0.29, 0.717) is 19.1 Å². The van der Waals surface area contributed by atoms with Crippen LogP contribution in [0, 0.1) is 6.92 Å². The molecule has 0 spiro atoms. The van der Waals surface area contributed by atoms with Gasteiger partial charge in [0.15, 0.2) is 0 Å². The Kier molecular flexibility index (Phi) is 2.77. The quantitative estimate of drug-likeness (QED) is 0.705. The van der Waals surface area contributed by atoms with Gasteiger partial charge in [-0.3, -0.25) is 4.79 Å². The number of amides is 1. The van der Waals surface area contributed by atoms with Gasteiger partial charge in [0.1, 0.15) is 0 Å². The second-order valence-electron chi connectivity index (χ2n) is 4.13. The summed E-state index contributed by atoms with van der Waals surface area (Å²) in [7, 11) is 0. The van der Waals surface area contributed by atoms with Gasteiger partial charge in [-0.15, -0.1) is 0 Å². The van der Waals surface area contributed by atoms with Gasteiger partial charge in [0.05, 0.1) is 0 Å². The largest absolute Gasteiger partial charge is 0.365 e. The van der Waals surface area contributed by atoms with Gasteiger partial charge in [-0.1, -0.05) is 0 Å². The topological polar surface area (TPSA) is 62.1 Å². The average molecular weight is 207 g/mol. The zero-order valence-electron chi connectivity index (χ0n) is 8.99. The maximum absolute atomic E-state index is 10.9. The minimum Gasteiger partial charge on any atom is -0.365 e. The van der Waals surface area contributed by atoms with Gasteiger partial charge in [0.25, 0.3) is 0 Å². The van der Waals surface area contributed by atoms with Crippen LogP contribution in [0.25, 0.3) is 0 Å². The number of nitrogens with two attached hydrogens (primary N) is 1. The standard InChI is InChI=1S/C11H17N3O/c1-8-11(4-12)9(5-13-8)6-14(7-15)10-2-3-10/h5,7,10,13H,2-4,6,12H2,1H3. The predicted molar refractivity (Wildman–Crippen MR) is 58.1 cm³/mol. The molecule has 4 heteroatoms. The van der Waals surface area contributed by atoms with Crippen LogP contribution in [0.15, 0.2) is 6.20 Å². The number of rotatable bonds is 5. The van der Waals surface area contributed by atoms with Gasteiger partial charge < -0.3 is 15.6 Å². The number of carbonyl (C=O) groups excluding carboxylic acids is 1. The first-order valence-electron chi connectivity index (χ1n) is 5.33. The maximum Gasteiger partial charge on any atom is 0.210 e. The Morgan fingerprint density at radius 2 is 2.40 bits per heavy atom. The van der Waals surface area contributed by atoms with Gasteiger partial charge in [0.2, 0.25) is 6.41 Å². The van der Waals surface area contributed by atoms with Gasteiger partial charge in [-0.05, 0) is 30.9 Å². The average Bonchev–Trinajstić information content (AvgIpc) is 3.01. The second kappa shape index (κ2) is 4.06. The highest BCUT2D eigenvalue weighted by molar-refractivity contribution is 5.49. The van der Waals surface area contributed by atoms with Crippen LogP contribution in [0.5, 0.6) is 0 Å². The van der Waals surface area contributed by atoms with Crippen molar-refractivity contribution in [2.75, 3.05) is 0 Å². The fourth-order valence-corrected chi connectivity index (χ4v) is 1.89. The van der Waals surface area contributed by atoms with E-state index in [1.165, 1.54) is 0 Å². The Morgan fingerprint density at radius 1 is 1.67 bits per heavy atom. The van der Waals surface area contributed by atoms with E-state index in [4.69, 9.17) is 5.73 Å².